The fraction of sp³-hybridized carbons (Fsp3) is 0.400. The van der Waals surface area contributed by atoms with Crippen LogP contribution in [0, 0.1) is 0 Å². The zero-order valence-electron chi connectivity index (χ0n) is 26.9. The molecule has 0 aliphatic carbocycles. The average Bonchev–Trinajstić information content (AvgIpc) is 3.79. The van der Waals surface area contributed by atoms with E-state index in [1.54, 1.807) is 23.1 Å². The van der Waals surface area contributed by atoms with Crippen molar-refractivity contribution in [2.75, 3.05) is 68.0 Å². The number of hydrogen-bond donors (Lipinski definition) is 0. The Balaban J connectivity index is 0.915. The topological polar surface area (TPSA) is 80.5 Å². The van der Waals surface area contributed by atoms with E-state index in [1.165, 1.54) is 24.1 Å². The van der Waals surface area contributed by atoms with E-state index >= 15 is 0 Å². The molecule has 4 heterocycles. The van der Waals surface area contributed by atoms with Crippen LogP contribution < -0.4 is 14.5 Å². The molecule has 3 aliphatic rings. The highest BCUT2D eigenvalue weighted by atomic mass is 35.5. The summed E-state index contributed by atoms with van der Waals surface area (Å²) in [4.78, 5) is 16.2. The summed E-state index contributed by atoms with van der Waals surface area (Å²) in [6.45, 7) is 9.04. The summed E-state index contributed by atoms with van der Waals surface area (Å²) in [5.74, 6) is 0.778. The van der Waals surface area contributed by atoms with Crippen LogP contribution in [-0.4, -0.2) is 89.2 Å². The molecule has 3 aromatic carbocycles. The molecule has 3 fully saturated rings. The highest BCUT2D eigenvalue weighted by molar-refractivity contribution is 8.13. The second-order valence-electron chi connectivity index (χ2n) is 12.0. The van der Waals surface area contributed by atoms with Crippen molar-refractivity contribution in [1.29, 1.82) is 0 Å². The maximum Gasteiger partial charge on any atom is 0.217 e. The van der Waals surface area contributed by atoms with Crippen molar-refractivity contribution >= 4 is 57.2 Å². The molecule has 3 aliphatic heterocycles. The summed E-state index contributed by atoms with van der Waals surface area (Å²) in [7, 11) is 0. The number of thioether (sulfide) groups is 1. The van der Waals surface area contributed by atoms with E-state index in [0.717, 1.165) is 61.6 Å². The lowest BCUT2D eigenvalue weighted by molar-refractivity contribution is -0.190. The molecular weight excluding hydrogens is 669 g/mol. The zero-order chi connectivity index (χ0) is 32.9. The van der Waals surface area contributed by atoms with Gasteiger partial charge >= 0.3 is 0 Å². The summed E-state index contributed by atoms with van der Waals surface area (Å²) < 4.78 is 20.6. The molecule has 0 spiro atoms. The first-order valence-electron chi connectivity index (χ1n) is 16.4. The standard InChI is InChI=1S/C35H39Cl2N7O3S/c1-2-41-14-3-19-48-34(41)40-27-5-7-28(8-6-27)42-15-17-43(18-16-42)29-9-11-30(12-10-29)45-21-31-22-46-35(47-31,23-44-25-38-24-39-44)32-13-4-26(36)20-33(32)37/h4-13,20,24-25,31H,2-3,14-19,21-23H2,1H3. The predicted octanol–water partition coefficient (Wildman–Crippen LogP) is 6.71. The highest BCUT2D eigenvalue weighted by Crippen LogP contribution is 2.40. The van der Waals surface area contributed by atoms with E-state index in [-0.39, 0.29) is 12.6 Å². The third-order valence-electron chi connectivity index (χ3n) is 8.85. The highest BCUT2D eigenvalue weighted by Gasteiger charge is 2.45. The maximum atomic E-state index is 6.59. The van der Waals surface area contributed by atoms with Crippen molar-refractivity contribution in [2.24, 2.45) is 4.99 Å². The van der Waals surface area contributed by atoms with Gasteiger partial charge < -0.3 is 28.9 Å². The molecular formula is C35H39Cl2N7O3S. The first-order chi connectivity index (χ1) is 23.5. The molecule has 4 aromatic rings. The largest absolute Gasteiger partial charge is 0.491 e. The fourth-order valence-corrected chi connectivity index (χ4v) is 7.88. The summed E-state index contributed by atoms with van der Waals surface area (Å²) in [6.07, 6.45) is 4.01. The third-order valence-corrected chi connectivity index (χ3v) is 10.5. The lowest BCUT2D eigenvalue weighted by atomic mass is 10.1. The minimum atomic E-state index is -1.14. The Labute approximate surface area is 295 Å². The van der Waals surface area contributed by atoms with Gasteiger partial charge in [0.15, 0.2) is 5.17 Å². The van der Waals surface area contributed by atoms with Gasteiger partial charge in [0.25, 0.3) is 0 Å². The Kier molecular flexibility index (Phi) is 10.3. The normalized spacial score (nSPS) is 22.4. The van der Waals surface area contributed by atoms with Gasteiger partial charge in [-0.15, -0.1) is 0 Å². The van der Waals surface area contributed by atoms with Gasteiger partial charge in [-0.2, -0.15) is 5.10 Å². The van der Waals surface area contributed by atoms with Gasteiger partial charge in [-0.3, -0.25) is 0 Å². The van der Waals surface area contributed by atoms with Gasteiger partial charge in [0, 0.05) is 67.0 Å². The molecule has 0 N–H and O–H groups in total. The SMILES string of the molecule is CCN1CCCSC1=Nc1ccc(N2CCN(c3ccc(OCC4COC(Cn5cncn5)(c5ccc(Cl)cc5Cl)O4)cc3)CC2)cc1. The van der Waals surface area contributed by atoms with Gasteiger partial charge in [0.2, 0.25) is 5.79 Å². The van der Waals surface area contributed by atoms with E-state index < -0.39 is 5.79 Å². The minimum absolute atomic E-state index is 0.282. The summed E-state index contributed by atoms with van der Waals surface area (Å²) >= 11 is 14.6. The van der Waals surface area contributed by atoms with Gasteiger partial charge in [-0.1, -0.05) is 41.0 Å². The average molecular weight is 709 g/mol. The van der Waals surface area contributed by atoms with Crippen molar-refractivity contribution in [1.82, 2.24) is 19.7 Å². The minimum Gasteiger partial charge on any atom is -0.491 e. The number of ether oxygens (including phenoxy) is 3. The summed E-state index contributed by atoms with van der Waals surface area (Å²) in [5.41, 5.74) is 4.13. The number of benzene rings is 3. The van der Waals surface area contributed by atoms with Crippen LogP contribution in [0.25, 0.3) is 0 Å². The van der Waals surface area contributed by atoms with Crippen LogP contribution >= 0.6 is 35.0 Å². The lowest BCUT2D eigenvalue weighted by Crippen LogP contribution is -2.46. The number of nitrogens with zero attached hydrogens (tertiary/aromatic N) is 7. The van der Waals surface area contributed by atoms with Crippen LogP contribution in [0.4, 0.5) is 17.1 Å². The molecule has 7 rings (SSSR count). The first-order valence-corrected chi connectivity index (χ1v) is 18.1. The maximum absolute atomic E-state index is 6.59. The van der Waals surface area contributed by atoms with Gasteiger partial charge in [-0.25, -0.2) is 14.7 Å². The van der Waals surface area contributed by atoms with Gasteiger partial charge in [-0.05, 0) is 74.0 Å². The third kappa shape index (κ3) is 7.55. The zero-order valence-corrected chi connectivity index (χ0v) is 29.2. The number of hydrogen-bond acceptors (Lipinski definition) is 9. The van der Waals surface area contributed by atoms with Crippen LogP contribution in [0.3, 0.4) is 0 Å². The number of piperazine rings is 1. The van der Waals surface area contributed by atoms with Crippen molar-refractivity contribution in [2.45, 2.75) is 31.8 Å². The van der Waals surface area contributed by atoms with Crippen molar-refractivity contribution in [3.05, 3.63) is 95.0 Å². The van der Waals surface area contributed by atoms with Crippen LogP contribution in [0.2, 0.25) is 10.0 Å². The molecule has 0 radical (unpaired) electrons. The van der Waals surface area contributed by atoms with Crippen molar-refractivity contribution in [3.8, 4) is 5.75 Å². The van der Waals surface area contributed by atoms with Crippen molar-refractivity contribution in [3.63, 3.8) is 0 Å². The Morgan fingerprint density at radius 2 is 1.69 bits per heavy atom. The molecule has 0 bridgehead atoms. The molecule has 0 amide bonds. The fourth-order valence-electron chi connectivity index (χ4n) is 6.30. The van der Waals surface area contributed by atoms with E-state index in [0.29, 0.717) is 28.8 Å². The van der Waals surface area contributed by atoms with Crippen molar-refractivity contribution < 1.29 is 14.2 Å². The van der Waals surface area contributed by atoms with Crippen LogP contribution in [0.5, 0.6) is 5.75 Å². The Bertz CT molecular complexity index is 1690. The lowest BCUT2D eigenvalue weighted by Gasteiger charge is -2.37. The molecule has 0 saturated carbocycles. The van der Waals surface area contributed by atoms with Gasteiger partial charge in [0.1, 0.15) is 37.7 Å². The molecule has 48 heavy (non-hydrogen) atoms. The van der Waals surface area contributed by atoms with Crippen LogP contribution in [0.15, 0.2) is 84.4 Å². The number of rotatable bonds is 10. The number of aliphatic imine (C=N–C) groups is 1. The number of aromatic nitrogens is 3. The molecule has 13 heteroatoms. The second kappa shape index (κ2) is 15.0. The predicted molar refractivity (Wildman–Crippen MR) is 193 cm³/mol. The summed E-state index contributed by atoms with van der Waals surface area (Å²) in [6, 6.07) is 22.2. The van der Waals surface area contributed by atoms with Gasteiger partial charge in [0.05, 0.1) is 17.3 Å². The molecule has 2 unspecified atom stereocenters. The Morgan fingerprint density at radius 1 is 0.958 bits per heavy atom. The van der Waals surface area contributed by atoms with Crippen LogP contribution in [0.1, 0.15) is 18.9 Å². The monoisotopic (exact) mass is 707 g/mol. The Morgan fingerprint density at radius 3 is 2.35 bits per heavy atom. The smallest absolute Gasteiger partial charge is 0.217 e. The van der Waals surface area contributed by atoms with E-state index in [4.69, 9.17) is 42.4 Å². The number of anilines is 2. The first kappa shape index (κ1) is 33.0. The van der Waals surface area contributed by atoms with E-state index in [1.807, 2.05) is 30.0 Å². The van der Waals surface area contributed by atoms with E-state index in [9.17, 15) is 0 Å². The number of halogens is 2. The molecule has 252 valence electrons. The molecule has 1 aromatic heterocycles. The Hall–Kier alpha value is -3.48. The molecule has 2 atom stereocenters. The summed E-state index contributed by atoms with van der Waals surface area (Å²) in [5, 5.41) is 6.38. The second-order valence-corrected chi connectivity index (χ2v) is 13.9. The van der Waals surface area contributed by atoms with Crippen LogP contribution in [-0.2, 0) is 21.8 Å². The molecule has 3 saturated heterocycles. The number of amidine groups is 1. The molecule has 10 nitrogen and oxygen atoms in total. The quantitative estimate of drug-likeness (QED) is 0.179. The van der Waals surface area contributed by atoms with E-state index in [2.05, 4.69) is 68.1 Å².